The summed E-state index contributed by atoms with van der Waals surface area (Å²) >= 11 is 0. The highest BCUT2D eigenvalue weighted by Gasteiger charge is 1.94. The van der Waals surface area contributed by atoms with Gasteiger partial charge in [-0.3, -0.25) is 0 Å². The Hall–Kier alpha value is -1.33. The molecule has 0 aromatic carbocycles. The Bertz CT molecular complexity index is 308. The Morgan fingerprint density at radius 3 is 2.94 bits per heavy atom. The molecule has 0 bridgehead atoms. The summed E-state index contributed by atoms with van der Waals surface area (Å²) in [5, 5.41) is 6.32. The van der Waals surface area contributed by atoms with E-state index in [-0.39, 0.29) is 0 Å². The predicted octanol–water partition coefficient (Wildman–Crippen LogP) is 1.59. The third kappa shape index (κ3) is 6.09. The second-order valence-electron chi connectivity index (χ2n) is 3.57. The zero-order valence-electron chi connectivity index (χ0n) is 10.5. The van der Waals surface area contributed by atoms with Gasteiger partial charge in [-0.05, 0) is 12.5 Å². The van der Waals surface area contributed by atoms with Gasteiger partial charge in [0.2, 0.25) is 0 Å². The molecule has 0 aliphatic rings. The fraction of sp³-hybridized carbons (Fsp3) is 0.583. The van der Waals surface area contributed by atoms with Crippen molar-refractivity contribution in [2.75, 3.05) is 51.2 Å². The number of nitrogens with one attached hydrogen (secondary N) is 2. The number of nitrogens with zero attached hydrogens (tertiary/aromatic N) is 1. The molecule has 96 valence electrons. The third-order valence-corrected chi connectivity index (χ3v) is 2.24. The van der Waals surface area contributed by atoms with E-state index in [0.717, 1.165) is 31.1 Å². The molecule has 1 aromatic rings. The number of hydrogen-bond donors (Lipinski definition) is 2. The van der Waals surface area contributed by atoms with E-state index in [0.29, 0.717) is 13.2 Å². The molecule has 0 atom stereocenters. The first-order valence-electron chi connectivity index (χ1n) is 5.81. The first-order valence-corrected chi connectivity index (χ1v) is 5.81. The molecule has 0 fully saturated rings. The monoisotopic (exact) mass is 239 g/mol. The van der Waals surface area contributed by atoms with E-state index in [1.807, 2.05) is 19.2 Å². The lowest BCUT2D eigenvalue weighted by atomic mass is 10.3. The van der Waals surface area contributed by atoms with Crippen molar-refractivity contribution in [3.8, 4) is 0 Å². The summed E-state index contributed by atoms with van der Waals surface area (Å²) < 4.78 is 10.3. The van der Waals surface area contributed by atoms with Crippen molar-refractivity contribution in [1.82, 2.24) is 4.98 Å². The molecule has 2 N–H and O–H groups in total. The molecule has 0 unspecified atom stereocenters. The number of anilines is 2. The summed E-state index contributed by atoms with van der Waals surface area (Å²) in [5.41, 5.74) is 1.07. The smallest absolute Gasteiger partial charge is 0.127 e. The molecule has 0 spiro atoms. The first kappa shape index (κ1) is 13.7. The summed E-state index contributed by atoms with van der Waals surface area (Å²) in [6, 6.07) is 3.93. The van der Waals surface area contributed by atoms with Crippen LogP contribution >= 0.6 is 0 Å². The molecule has 0 aliphatic carbocycles. The highest BCUT2D eigenvalue weighted by Crippen LogP contribution is 2.10. The number of methoxy groups -OCH3 is 1. The minimum Gasteiger partial charge on any atom is -0.385 e. The van der Waals surface area contributed by atoms with Crippen LogP contribution in [-0.2, 0) is 9.47 Å². The van der Waals surface area contributed by atoms with Crippen LogP contribution in [0.25, 0.3) is 0 Å². The molecule has 1 aromatic heterocycles. The van der Waals surface area contributed by atoms with Gasteiger partial charge in [0, 0.05) is 45.3 Å². The topological polar surface area (TPSA) is 55.4 Å². The Labute approximate surface area is 103 Å². The number of hydrogen-bond acceptors (Lipinski definition) is 5. The van der Waals surface area contributed by atoms with Crippen LogP contribution in [-0.4, -0.2) is 45.5 Å². The molecule has 1 rings (SSSR count). The minimum atomic E-state index is 0.656. The van der Waals surface area contributed by atoms with E-state index in [1.54, 1.807) is 13.3 Å². The van der Waals surface area contributed by atoms with E-state index in [4.69, 9.17) is 9.47 Å². The Morgan fingerprint density at radius 1 is 1.29 bits per heavy atom. The largest absolute Gasteiger partial charge is 0.385 e. The molecule has 0 saturated carbocycles. The molecule has 0 radical (unpaired) electrons. The van der Waals surface area contributed by atoms with Crippen molar-refractivity contribution in [3.63, 3.8) is 0 Å². The summed E-state index contributed by atoms with van der Waals surface area (Å²) in [4.78, 5) is 4.15. The molecule has 5 nitrogen and oxygen atoms in total. The fourth-order valence-electron chi connectivity index (χ4n) is 1.33. The third-order valence-electron chi connectivity index (χ3n) is 2.24. The number of pyridine rings is 1. The van der Waals surface area contributed by atoms with Crippen LogP contribution in [0, 0.1) is 0 Å². The Balaban J connectivity index is 2.09. The van der Waals surface area contributed by atoms with Crippen molar-refractivity contribution in [3.05, 3.63) is 18.3 Å². The molecule has 5 heteroatoms. The van der Waals surface area contributed by atoms with Crippen molar-refractivity contribution >= 4 is 11.5 Å². The number of ether oxygens (including phenoxy) is 2. The van der Waals surface area contributed by atoms with Gasteiger partial charge in [-0.2, -0.15) is 0 Å². The number of aromatic nitrogens is 1. The molecule has 1 heterocycles. The maximum atomic E-state index is 5.37. The highest BCUT2D eigenvalue weighted by molar-refractivity contribution is 5.51. The van der Waals surface area contributed by atoms with Gasteiger partial charge >= 0.3 is 0 Å². The molecular weight excluding hydrogens is 218 g/mol. The van der Waals surface area contributed by atoms with Crippen LogP contribution in [0.5, 0.6) is 0 Å². The molecule has 17 heavy (non-hydrogen) atoms. The van der Waals surface area contributed by atoms with Gasteiger partial charge < -0.3 is 20.1 Å². The zero-order valence-corrected chi connectivity index (χ0v) is 10.5. The van der Waals surface area contributed by atoms with Crippen molar-refractivity contribution in [2.24, 2.45) is 0 Å². The van der Waals surface area contributed by atoms with E-state index in [9.17, 15) is 0 Å². The second kappa shape index (κ2) is 8.78. The van der Waals surface area contributed by atoms with Crippen LogP contribution < -0.4 is 10.6 Å². The maximum Gasteiger partial charge on any atom is 0.127 e. The van der Waals surface area contributed by atoms with E-state index in [1.165, 1.54) is 0 Å². The SMILES string of the molecule is CNc1cc(NCCCOCCOC)ccn1. The first-order chi connectivity index (χ1) is 8.36. The lowest BCUT2D eigenvalue weighted by Crippen LogP contribution is -2.08. The molecular formula is C12H21N3O2. The van der Waals surface area contributed by atoms with Crippen LogP contribution in [0.4, 0.5) is 11.5 Å². The van der Waals surface area contributed by atoms with Gasteiger partial charge in [0.05, 0.1) is 13.2 Å². The van der Waals surface area contributed by atoms with E-state index in [2.05, 4.69) is 15.6 Å². The van der Waals surface area contributed by atoms with Crippen LogP contribution in [0.1, 0.15) is 6.42 Å². The average Bonchev–Trinajstić information content (AvgIpc) is 2.38. The van der Waals surface area contributed by atoms with Crippen LogP contribution in [0.15, 0.2) is 18.3 Å². The van der Waals surface area contributed by atoms with E-state index < -0.39 is 0 Å². The van der Waals surface area contributed by atoms with Crippen LogP contribution in [0.3, 0.4) is 0 Å². The number of rotatable bonds is 9. The fourth-order valence-corrected chi connectivity index (χ4v) is 1.33. The minimum absolute atomic E-state index is 0.656. The summed E-state index contributed by atoms with van der Waals surface area (Å²) in [6.07, 6.45) is 2.75. The Morgan fingerprint density at radius 2 is 2.18 bits per heavy atom. The Kier molecular flexibility index (Phi) is 7.09. The van der Waals surface area contributed by atoms with Gasteiger partial charge in [-0.1, -0.05) is 0 Å². The highest BCUT2D eigenvalue weighted by atomic mass is 16.5. The quantitative estimate of drug-likeness (QED) is 0.641. The molecule has 0 aliphatic heterocycles. The lowest BCUT2D eigenvalue weighted by molar-refractivity contribution is 0.0705. The van der Waals surface area contributed by atoms with Gasteiger partial charge in [0.1, 0.15) is 5.82 Å². The summed E-state index contributed by atoms with van der Waals surface area (Å²) in [7, 11) is 3.53. The zero-order chi connectivity index (χ0) is 12.3. The van der Waals surface area contributed by atoms with E-state index >= 15 is 0 Å². The van der Waals surface area contributed by atoms with Crippen molar-refractivity contribution in [2.45, 2.75) is 6.42 Å². The predicted molar refractivity (Wildman–Crippen MR) is 69.6 cm³/mol. The summed E-state index contributed by atoms with van der Waals surface area (Å²) in [6.45, 7) is 2.96. The van der Waals surface area contributed by atoms with Gasteiger partial charge in [0.25, 0.3) is 0 Å². The van der Waals surface area contributed by atoms with Crippen LogP contribution in [0.2, 0.25) is 0 Å². The standard InChI is InChI=1S/C12H21N3O2/c1-13-12-10-11(4-6-15-12)14-5-3-7-17-9-8-16-2/h4,6,10H,3,5,7-9H2,1-2H3,(H2,13,14,15). The second-order valence-corrected chi connectivity index (χ2v) is 3.57. The normalized spacial score (nSPS) is 10.2. The summed E-state index contributed by atoms with van der Waals surface area (Å²) in [5.74, 6) is 0.867. The van der Waals surface area contributed by atoms with Gasteiger partial charge in [-0.15, -0.1) is 0 Å². The van der Waals surface area contributed by atoms with Crippen molar-refractivity contribution < 1.29 is 9.47 Å². The average molecular weight is 239 g/mol. The van der Waals surface area contributed by atoms with Gasteiger partial charge in [0.15, 0.2) is 0 Å². The van der Waals surface area contributed by atoms with Crippen molar-refractivity contribution in [1.29, 1.82) is 0 Å². The van der Waals surface area contributed by atoms with Gasteiger partial charge in [-0.25, -0.2) is 4.98 Å². The lowest BCUT2D eigenvalue weighted by Gasteiger charge is -2.08. The molecule has 0 amide bonds. The molecule has 0 saturated heterocycles. The maximum absolute atomic E-state index is 5.37.